The first kappa shape index (κ1) is 9.96. The fourth-order valence-corrected chi connectivity index (χ4v) is 1.33. The molecule has 0 aromatic carbocycles. The van der Waals surface area contributed by atoms with Gasteiger partial charge < -0.3 is 9.47 Å². The van der Waals surface area contributed by atoms with Crippen LogP contribution in [0.4, 0.5) is 0 Å². The van der Waals surface area contributed by atoms with Crippen molar-refractivity contribution in [2.75, 3.05) is 26.9 Å². The van der Waals surface area contributed by atoms with Gasteiger partial charge in [-0.3, -0.25) is 5.32 Å². The Hall–Kier alpha value is -0.120. The van der Waals surface area contributed by atoms with Crippen molar-refractivity contribution in [2.45, 2.75) is 26.0 Å². The van der Waals surface area contributed by atoms with Crippen molar-refractivity contribution in [1.82, 2.24) is 5.32 Å². The van der Waals surface area contributed by atoms with Crippen LogP contribution >= 0.6 is 0 Å². The van der Waals surface area contributed by atoms with Crippen molar-refractivity contribution in [3.05, 3.63) is 0 Å². The van der Waals surface area contributed by atoms with E-state index in [1.807, 2.05) is 0 Å². The Balaban J connectivity index is 2.01. The van der Waals surface area contributed by atoms with Crippen LogP contribution < -0.4 is 5.32 Å². The van der Waals surface area contributed by atoms with Crippen LogP contribution in [0.15, 0.2) is 0 Å². The fraction of sp³-hybridized carbons (Fsp3) is 1.00. The molecule has 1 N–H and O–H groups in total. The van der Waals surface area contributed by atoms with Crippen LogP contribution in [-0.4, -0.2) is 33.1 Å². The quantitative estimate of drug-likeness (QED) is 0.643. The van der Waals surface area contributed by atoms with Gasteiger partial charge in [0.2, 0.25) is 0 Å². The highest BCUT2D eigenvalue weighted by molar-refractivity contribution is 4.66. The van der Waals surface area contributed by atoms with Crippen molar-refractivity contribution < 1.29 is 9.47 Å². The van der Waals surface area contributed by atoms with E-state index in [2.05, 4.69) is 12.2 Å². The summed E-state index contributed by atoms with van der Waals surface area (Å²) < 4.78 is 10.5. The normalized spacial score (nSPS) is 30.5. The standard InChI is InChI=1S/C9H19NO2/c1-8-6-10-9(12-7-8)4-3-5-11-2/h8-10H,3-7H2,1-2H3. The summed E-state index contributed by atoms with van der Waals surface area (Å²) in [4.78, 5) is 0. The minimum Gasteiger partial charge on any atom is -0.385 e. The molecule has 0 aromatic heterocycles. The average molecular weight is 173 g/mol. The molecule has 3 heteroatoms. The minimum atomic E-state index is 0.261. The SMILES string of the molecule is COCCCC1NCC(C)CO1. The maximum atomic E-state index is 5.57. The molecule has 0 spiro atoms. The van der Waals surface area contributed by atoms with E-state index in [9.17, 15) is 0 Å². The highest BCUT2D eigenvalue weighted by atomic mass is 16.5. The summed E-state index contributed by atoms with van der Waals surface area (Å²) in [5.41, 5.74) is 0. The number of hydrogen-bond acceptors (Lipinski definition) is 3. The zero-order chi connectivity index (χ0) is 8.81. The van der Waals surface area contributed by atoms with Crippen molar-refractivity contribution >= 4 is 0 Å². The lowest BCUT2D eigenvalue weighted by molar-refractivity contribution is -0.0311. The highest BCUT2D eigenvalue weighted by Gasteiger charge is 2.16. The van der Waals surface area contributed by atoms with Crippen LogP contribution in [-0.2, 0) is 9.47 Å². The molecule has 2 unspecified atom stereocenters. The van der Waals surface area contributed by atoms with Crippen LogP contribution in [0.3, 0.4) is 0 Å². The summed E-state index contributed by atoms with van der Waals surface area (Å²) in [7, 11) is 1.73. The van der Waals surface area contributed by atoms with Gasteiger partial charge in [-0.15, -0.1) is 0 Å². The molecule has 3 nitrogen and oxygen atoms in total. The molecule has 0 saturated carbocycles. The Morgan fingerprint density at radius 2 is 2.42 bits per heavy atom. The van der Waals surface area contributed by atoms with Gasteiger partial charge in [-0.25, -0.2) is 0 Å². The molecule has 0 amide bonds. The summed E-state index contributed by atoms with van der Waals surface area (Å²) in [5, 5.41) is 3.35. The van der Waals surface area contributed by atoms with E-state index in [4.69, 9.17) is 9.47 Å². The Kier molecular flexibility index (Phi) is 4.58. The van der Waals surface area contributed by atoms with Gasteiger partial charge in [0, 0.05) is 20.3 Å². The zero-order valence-electron chi connectivity index (χ0n) is 8.01. The number of hydrogen-bond donors (Lipinski definition) is 1. The topological polar surface area (TPSA) is 30.5 Å². The Morgan fingerprint density at radius 3 is 3.00 bits per heavy atom. The molecule has 1 saturated heterocycles. The van der Waals surface area contributed by atoms with Crippen LogP contribution in [0.1, 0.15) is 19.8 Å². The number of methoxy groups -OCH3 is 1. The fourth-order valence-electron chi connectivity index (χ4n) is 1.33. The smallest absolute Gasteiger partial charge is 0.108 e. The molecule has 0 radical (unpaired) electrons. The number of rotatable bonds is 4. The third kappa shape index (κ3) is 3.52. The van der Waals surface area contributed by atoms with Gasteiger partial charge in [0.1, 0.15) is 6.23 Å². The molecule has 2 atom stereocenters. The Bertz CT molecular complexity index is 111. The molecule has 12 heavy (non-hydrogen) atoms. The Labute approximate surface area is 74.4 Å². The number of nitrogens with one attached hydrogen (secondary N) is 1. The molecule has 1 aliphatic heterocycles. The Morgan fingerprint density at radius 1 is 1.58 bits per heavy atom. The molecule has 0 aromatic rings. The second-order valence-electron chi connectivity index (χ2n) is 3.47. The molecule has 1 heterocycles. The van der Waals surface area contributed by atoms with Crippen LogP contribution in [0.2, 0.25) is 0 Å². The van der Waals surface area contributed by atoms with Gasteiger partial charge in [0.15, 0.2) is 0 Å². The first-order valence-electron chi connectivity index (χ1n) is 4.67. The molecular formula is C9H19NO2. The molecule has 1 fully saturated rings. The first-order valence-corrected chi connectivity index (χ1v) is 4.67. The molecule has 1 aliphatic rings. The van der Waals surface area contributed by atoms with E-state index in [0.29, 0.717) is 5.92 Å². The largest absolute Gasteiger partial charge is 0.385 e. The molecule has 0 bridgehead atoms. The maximum absolute atomic E-state index is 5.57. The van der Waals surface area contributed by atoms with E-state index in [0.717, 1.165) is 32.6 Å². The molecule has 0 aliphatic carbocycles. The van der Waals surface area contributed by atoms with Crippen molar-refractivity contribution in [3.63, 3.8) is 0 Å². The summed E-state index contributed by atoms with van der Waals surface area (Å²) in [6.07, 6.45) is 2.39. The van der Waals surface area contributed by atoms with Gasteiger partial charge in [-0.05, 0) is 18.8 Å². The van der Waals surface area contributed by atoms with E-state index in [1.165, 1.54) is 0 Å². The third-order valence-electron chi connectivity index (χ3n) is 2.09. The lowest BCUT2D eigenvalue weighted by Crippen LogP contribution is -2.42. The van der Waals surface area contributed by atoms with Crippen molar-refractivity contribution in [3.8, 4) is 0 Å². The minimum absolute atomic E-state index is 0.261. The van der Waals surface area contributed by atoms with Gasteiger partial charge in [-0.2, -0.15) is 0 Å². The summed E-state index contributed by atoms with van der Waals surface area (Å²) >= 11 is 0. The lowest BCUT2D eigenvalue weighted by atomic mass is 10.1. The number of ether oxygens (including phenoxy) is 2. The molecule has 1 rings (SSSR count). The van der Waals surface area contributed by atoms with Crippen molar-refractivity contribution in [2.24, 2.45) is 5.92 Å². The zero-order valence-corrected chi connectivity index (χ0v) is 8.01. The van der Waals surface area contributed by atoms with Gasteiger partial charge >= 0.3 is 0 Å². The summed E-state index contributed by atoms with van der Waals surface area (Å²) in [6.45, 7) is 5.00. The van der Waals surface area contributed by atoms with Crippen LogP contribution in [0.25, 0.3) is 0 Å². The first-order chi connectivity index (χ1) is 5.83. The maximum Gasteiger partial charge on any atom is 0.108 e. The third-order valence-corrected chi connectivity index (χ3v) is 2.09. The van der Waals surface area contributed by atoms with Crippen molar-refractivity contribution in [1.29, 1.82) is 0 Å². The van der Waals surface area contributed by atoms with E-state index < -0.39 is 0 Å². The average Bonchev–Trinajstić information content (AvgIpc) is 2.09. The van der Waals surface area contributed by atoms with Gasteiger partial charge in [0.05, 0.1) is 6.61 Å². The van der Waals surface area contributed by atoms with Crippen LogP contribution in [0.5, 0.6) is 0 Å². The van der Waals surface area contributed by atoms with E-state index in [1.54, 1.807) is 7.11 Å². The summed E-state index contributed by atoms with van der Waals surface area (Å²) in [6, 6.07) is 0. The van der Waals surface area contributed by atoms with E-state index >= 15 is 0 Å². The lowest BCUT2D eigenvalue weighted by Gasteiger charge is -2.28. The monoisotopic (exact) mass is 173 g/mol. The predicted octanol–water partition coefficient (Wildman–Crippen LogP) is 0.995. The van der Waals surface area contributed by atoms with Crippen LogP contribution in [0, 0.1) is 5.92 Å². The molecule has 72 valence electrons. The van der Waals surface area contributed by atoms with Gasteiger partial charge in [-0.1, -0.05) is 6.92 Å². The predicted molar refractivity (Wildman–Crippen MR) is 48.0 cm³/mol. The second-order valence-corrected chi connectivity index (χ2v) is 3.47. The summed E-state index contributed by atoms with van der Waals surface area (Å²) in [5.74, 6) is 0.656. The van der Waals surface area contributed by atoms with E-state index in [-0.39, 0.29) is 6.23 Å². The molecular weight excluding hydrogens is 154 g/mol. The van der Waals surface area contributed by atoms with Gasteiger partial charge in [0.25, 0.3) is 0 Å². The second kappa shape index (κ2) is 5.51. The highest BCUT2D eigenvalue weighted by Crippen LogP contribution is 2.08.